The van der Waals surface area contributed by atoms with Gasteiger partial charge in [-0.3, -0.25) is 4.90 Å². The van der Waals surface area contributed by atoms with Gasteiger partial charge in [-0.25, -0.2) is 0 Å². The van der Waals surface area contributed by atoms with Gasteiger partial charge in [0.1, 0.15) is 11.4 Å². The van der Waals surface area contributed by atoms with Gasteiger partial charge in [0.15, 0.2) is 0 Å². The number of benzene rings is 1. The lowest BCUT2D eigenvalue weighted by Gasteiger charge is -2.45. The maximum atomic E-state index is 10.4. The van der Waals surface area contributed by atoms with Crippen molar-refractivity contribution in [2.45, 2.75) is 38.8 Å². The quantitative estimate of drug-likeness (QED) is 0.752. The molecule has 6 heteroatoms. The maximum Gasteiger partial charge on any atom is 0.117 e. The Labute approximate surface area is 142 Å². The van der Waals surface area contributed by atoms with E-state index in [1.54, 1.807) is 0 Å². The summed E-state index contributed by atoms with van der Waals surface area (Å²) in [6.45, 7) is 4.25. The van der Waals surface area contributed by atoms with Crippen LogP contribution in [0.2, 0.25) is 0 Å². The lowest BCUT2D eigenvalue weighted by molar-refractivity contribution is -0.0821. The summed E-state index contributed by atoms with van der Waals surface area (Å²) < 4.78 is 0. The summed E-state index contributed by atoms with van der Waals surface area (Å²) in [5.41, 5.74) is 2.39. The van der Waals surface area contributed by atoms with Crippen LogP contribution in [0.3, 0.4) is 0 Å². The Morgan fingerprint density at radius 2 is 2.08 bits per heavy atom. The van der Waals surface area contributed by atoms with Crippen LogP contribution in [0.1, 0.15) is 31.9 Å². The van der Waals surface area contributed by atoms with Gasteiger partial charge < -0.3 is 10.2 Å². The normalized spacial score (nSPS) is 25.0. The first-order valence-electron chi connectivity index (χ1n) is 8.65. The first-order chi connectivity index (χ1) is 11.7. The second-order valence-corrected chi connectivity index (χ2v) is 6.77. The van der Waals surface area contributed by atoms with Crippen molar-refractivity contribution in [1.29, 1.82) is 0 Å². The third-order valence-electron chi connectivity index (χ3n) is 5.07. The number of aromatic nitrogens is 3. The molecular formula is C18H26N4O2. The van der Waals surface area contributed by atoms with Crippen LogP contribution in [-0.2, 0) is 6.54 Å². The second kappa shape index (κ2) is 7.42. The predicted molar refractivity (Wildman–Crippen MR) is 92.1 cm³/mol. The van der Waals surface area contributed by atoms with Gasteiger partial charge in [-0.05, 0) is 12.8 Å². The van der Waals surface area contributed by atoms with E-state index in [-0.39, 0.29) is 6.61 Å². The number of nitrogens with zero attached hydrogens (tertiary/aromatic N) is 3. The molecule has 1 aromatic heterocycles. The Kier molecular flexibility index (Phi) is 5.28. The fraction of sp³-hybridized carbons (Fsp3) is 0.556. The van der Waals surface area contributed by atoms with Gasteiger partial charge in [-0.15, -0.1) is 0 Å². The summed E-state index contributed by atoms with van der Waals surface area (Å²) >= 11 is 0. The van der Waals surface area contributed by atoms with Crippen LogP contribution in [0, 0.1) is 5.41 Å². The van der Waals surface area contributed by atoms with Gasteiger partial charge in [0.05, 0.1) is 12.7 Å². The van der Waals surface area contributed by atoms with Crippen molar-refractivity contribution in [2.75, 3.05) is 19.7 Å². The van der Waals surface area contributed by atoms with Crippen molar-refractivity contribution in [2.24, 2.45) is 5.41 Å². The second-order valence-electron chi connectivity index (χ2n) is 6.77. The van der Waals surface area contributed by atoms with E-state index in [9.17, 15) is 10.2 Å². The molecule has 0 bridgehead atoms. The van der Waals surface area contributed by atoms with Crippen LogP contribution in [0.5, 0.6) is 0 Å². The third kappa shape index (κ3) is 3.36. The van der Waals surface area contributed by atoms with E-state index >= 15 is 0 Å². The number of piperidine rings is 1. The summed E-state index contributed by atoms with van der Waals surface area (Å²) in [5.74, 6) is 0. The zero-order valence-corrected chi connectivity index (χ0v) is 14.1. The fourth-order valence-electron chi connectivity index (χ4n) is 3.76. The minimum atomic E-state index is -0.440. The van der Waals surface area contributed by atoms with Crippen molar-refractivity contribution in [3.8, 4) is 11.3 Å². The molecule has 0 spiro atoms. The molecular weight excluding hydrogens is 304 g/mol. The molecule has 1 fully saturated rings. The number of aromatic amines is 1. The molecule has 2 heterocycles. The number of H-pyrrole nitrogens is 1. The van der Waals surface area contributed by atoms with Crippen LogP contribution >= 0.6 is 0 Å². The van der Waals surface area contributed by atoms with Crippen molar-refractivity contribution >= 4 is 0 Å². The number of nitrogens with one attached hydrogen (secondary N) is 1. The maximum absolute atomic E-state index is 10.4. The van der Waals surface area contributed by atoms with Gasteiger partial charge in [0, 0.05) is 30.6 Å². The van der Waals surface area contributed by atoms with E-state index < -0.39 is 11.5 Å². The molecule has 3 rings (SSSR count). The Morgan fingerprint density at radius 3 is 2.79 bits per heavy atom. The lowest BCUT2D eigenvalue weighted by Crippen LogP contribution is -2.53. The van der Waals surface area contributed by atoms with Crippen LogP contribution in [0.4, 0.5) is 0 Å². The molecule has 1 aliphatic heterocycles. The highest BCUT2D eigenvalue weighted by Gasteiger charge is 2.41. The molecule has 0 radical (unpaired) electrons. The van der Waals surface area contributed by atoms with Crippen molar-refractivity contribution in [3.63, 3.8) is 0 Å². The number of likely N-dealkylation sites (tertiary alicyclic amines) is 1. The van der Waals surface area contributed by atoms with E-state index in [0.29, 0.717) is 19.5 Å². The molecule has 0 amide bonds. The molecule has 1 aliphatic rings. The van der Waals surface area contributed by atoms with Crippen molar-refractivity contribution in [1.82, 2.24) is 20.3 Å². The van der Waals surface area contributed by atoms with Gasteiger partial charge >= 0.3 is 0 Å². The highest BCUT2D eigenvalue weighted by atomic mass is 16.3. The van der Waals surface area contributed by atoms with Crippen LogP contribution < -0.4 is 0 Å². The zero-order chi connectivity index (χ0) is 17.0. The third-order valence-corrected chi connectivity index (χ3v) is 5.07. The highest BCUT2D eigenvalue weighted by molar-refractivity contribution is 5.60. The van der Waals surface area contributed by atoms with Crippen molar-refractivity contribution < 1.29 is 10.2 Å². The zero-order valence-electron chi connectivity index (χ0n) is 14.1. The predicted octanol–water partition coefficient (Wildman–Crippen LogP) is 1.82. The van der Waals surface area contributed by atoms with E-state index in [1.807, 2.05) is 30.3 Å². The van der Waals surface area contributed by atoms with Gasteiger partial charge in [-0.2, -0.15) is 15.4 Å². The molecule has 6 nitrogen and oxygen atoms in total. The molecule has 1 aromatic carbocycles. The Bertz CT molecular complexity index is 645. The van der Waals surface area contributed by atoms with Gasteiger partial charge in [-0.1, -0.05) is 43.7 Å². The number of rotatable bonds is 6. The van der Waals surface area contributed by atoms with Crippen LogP contribution in [0.25, 0.3) is 11.3 Å². The van der Waals surface area contributed by atoms with E-state index in [2.05, 4.69) is 27.2 Å². The molecule has 130 valence electrons. The lowest BCUT2D eigenvalue weighted by atomic mass is 9.74. The SMILES string of the molecule is CCC[C@@]1(CO)CN(Cc2n[nH]nc2-c2ccccc2)CC[C@H]1O. The highest BCUT2D eigenvalue weighted by Crippen LogP contribution is 2.35. The van der Waals surface area contributed by atoms with Crippen molar-refractivity contribution in [3.05, 3.63) is 36.0 Å². The fourth-order valence-corrected chi connectivity index (χ4v) is 3.76. The van der Waals surface area contributed by atoms with E-state index in [1.165, 1.54) is 0 Å². The van der Waals surface area contributed by atoms with Crippen LogP contribution in [-0.4, -0.2) is 56.3 Å². The van der Waals surface area contributed by atoms with Gasteiger partial charge in [0.25, 0.3) is 0 Å². The molecule has 0 saturated carbocycles. The standard InChI is InChI=1S/C18H26N4O2/c1-2-9-18(13-23)12-22(10-8-16(18)24)11-15-17(20-21-19-15)14-6-4-3-5-7-14/h3-7,16,23-24H,2,8-13H2,1H3,(H,19,20,21)/t16-,18+/m1/s1. The largest absolute Gasteiger partial charge is 0.396 e. The molecule has 0 aliphatic carbocycles. The summed E-state index contributed by atoms with van der Waals surface area (Å²) in [4.78, 5) is 2.27. The molecule has 3 N–H and O–H groups in total. The first-order valence-corrected chi connectivity index (χ1v) is 8.65. The Hall–Kier alpha value is -1.76. The molecule has 2 atom stereocenters. The average molecular weight is 330 g/mol. The summed E-state index contributed by atoms with van der Waals surface area (Å²) in [6, 6.07) is 10.0. The number of hydrogen-bond donors (Lipinski definition) is 3. The Morgan fingerprint density at radius 1 is 1.29 bits per heavy atom. The van der Waals surface area contributed by atoms with E-state index in [4.69, 9.17) is 0 Å². The number of hydrogen-bond acceptors (Lipinski definition) is 5. The molecule has 24 heavy (non-hydrogen) atoms. The van der Waals surface area contributed by atoms with E-state index in [0.717, 1.165) is 36.3 Å². The first kappa shape index (κ1) is 17.1. The topological polar surface area (TPSA) is 85.3 Å². The number of aliphatic hydroxyl groups is 2. The minimum Gasteiger partial charge on any atom is -0.396 e. The average Bonchev–Trinajstić information content (AvgIpc) is 3.07. The smallest absolute Gasteiger partial charge is 0.117 e. The molecule has 2 aromatic rings. The Balaban J connectivity index is 1.77. The molecule has 1 saturated heterocycles. The monoisotopic (exact) mass is 330 g/mol. The minimum absolute atomic E-state index is 0.0167. The molecule has 0 unspecified atom stereocenters. The van der Waals surface area contributed by atoms with Gasteiger partial charge in [0.2, 0.25) is 0 Å². The summed E-state index contributed by atoms with van der Waals surface area (Å²) in [5, 5.41) is 31.7. The van der Waals surface area contributed by atoms with Crippen LogP contribution in [0.15, 0.2) is 30.3 Å². The number of aliphatic hydroxyl groups excluding tert-OH is 2. The summed E-state index contributed by atoms with van der Waals surface area (Å²) in [6.07, 6.45) is 2.01. The summed E-state index contributed by atoms with van der Waals surface area (Å²) in [7, 11) is 0.